The summed E-state index contributed by atoms with van der Waals surface area (Å²) in [4.78, 5) is 35.6. The molecule has 0 spiro atoms. The Morgan fingerprint density at radius 2 is 1.31 bits per heavy atom. The zero-order chi connectivity index (χ0) is 18.3. The molecule has 2 aliphatic rings. The van der Waals surface area contributed by atoms with E-state index in [4.69, 9.17) is 0 Å². The largest absolute Gasteiger partial charge is 0.480 e. The maximum Gasteiger partial charge on any atom is 0.326 e. The SMILES string of the molecule is O=C(O)[C@H]1CCCN1c1csc(-c2nc(N3CCC[C@@H]3C(=O)O)cs2)n1. The van der Waals surface area contributed by atoms with Gasteiger partial charge in [0.05, 0.1) is 0 Å². The number of aromatic nitrogens is 2. The fourth-order valence-electron chi connectivity index (χ4n) is 3.59. The van der Waals surface area contributed by atoms with Crippen LogP contribution in [0, 0.1) is 0 Å². The van der Waals surface area contributed by atoms with Gasteiger partial charge in [-0.3, -0.25) is 0 Å². The monoisotopic (exact) mass is 394 g/mol. The zero-order valence-corrected chi connectivity index (χ0v) is 15.5. The maximum absolute atomic E-state index is 11.4. The number of hydrogen-bond donors (Lipinski definition) is 2. The van der Waals surface area contributed by atoms with Crippen LogP contribution >= 0.6 is 22.7 Å². The fraction of sp³-hybridized carbons (Fsp3) is 0.500. The molecule has 0 amide bonds. The highest BCUT2D eigenvalue weighted by atomic mass is 32.1. The van der Waals surface area contributed by atoms with Crippen LogP contribution in [0.15, 0.2) is 10.8 Å². The summed E-state index contributed by atoms with van der Waals surface area (Å²) < 4.78 is 0. The first-order chi connectivity index (χ1) is 12.5. The summed E-state index contributed by atoms with van der Waals surface area (Å²) in [5, 5.41) is 23.9. The average molecular weight is 394 g/mol. The highest BCUT2D eigenvalue weighted by molar-refractivity contribution is 7.20. The van der Waals surface area contributed by atoms with Gasteiger partial charge in [-0.2, -0.15) is 0 Å². The van der Waals surface area contributed by atoms with E-state index in [2.05, 4.69) is 9.97 Å². The Labute approximate surface area is 157 Å². The predicted octanol–water partition coefficient (Wildman–Crippen LogP) is 2.37. The molecule has 2 atom stereocenters. The second-order valence-corrected chi connectivity index (χ2v) is 8.12. The van der Waals surface area contributed by atoms with E-state index in [9.17, 15) is 19.8 Å². The Kier molecular flexibility index (Phi) is 4.53. The van der Waals surface area contributed by atoms with Gasteiger partial charge in [-0.25, -0.2) is 19.6 Å². The van der Waals surface area contributed by atoms with Gasteiger partial charge in [-0.05, 0) is 25.7 Å². The third kappa shape index (κ3) is 3.03. The smallest absolute Gasteiger partial charge is 0.326 e. The molecule has 2 saturated heterocycles. The summed E-state index contributed by atoms with van der Waals surface area (Å²) in [5.74, 6) is -0.280. The topological polar surface area (TPSA) is 107 Å². The molecule has 4 heterocycles. The Hall–Kier alpha value is -2.20. The van der Waals surface area contributed by atoms with Gasteiger partial charge in [-0.1, -0.05) is 0 Å². The first kappa shape index (κ1) is 17.2. The molecule has 0 saturated carbocycles. The molecule has 4 rings (SSSR count). The lowest BCUT2D eigenvalue weighted by Crippen LogP contribution is -2.36. The summed E-state index contributed by atoms with van der Waals surface area (Å²) in [6, 6.07) is -1.03. The summed E-state index contributed by atoms with van der Waals surface area (Å²) in [5.41, 5.74) is 0. The highest BCUT2D eigenvalue weighted by Crippen LogP contribution is 2.35. The number of thiazole rings is 2. The summed E-state index contributed by atoms with van der Waals surface area (Å²) in [6.07, 6.45) is 2.96. The Morgan fingerprint density at radius 1 is 0.885 bits per heavy atom. The molecule has 2 fully saturated rings. The Bertz CT molecular complexity index is 768. The van der Waals surface area contributed by atoms with Gasteiger partial charge in [0.2, 0.25) is 0 Å². The van der Waals surface area contributed by atoms with E-state index in [0.29, 0.717) is 37.6 Å². The van der Waals surface area contributed by atoms with Crippen LogP contribution in [0.3, 0.4) is 0 Å². The number of nitrogens with zero attached hydrogens (tertiary/aromatic N) is 4. The van der Waals surface area contributed by atoms with E-state index in [1.54, 1.807) is 0 Å². The van der Waals surface area contributed by atoms with Crippen LogP contribution < -0.4 is 9.80 Å². The standard InChI is InChI=1S/C16H18N4O4S2/c21-15(22)9-3-1-5-19(9)11-7-25-13(17-11)14-18-12(8-26-14)20-6-2-4-10(20)16(23)24/h7-10H,1-6H2,(H,21,22)(H,23,24)/t9-,10-/m1/s1. The van der Waals surface area contributed by atoms with Gasteiger partial charge in [-0.15, -0.1) is 22.7 Å². The van der Waals surface area contributed by atoms with Gasteiger partial charge < -0.3 is 20.0 Å². The van der Waals surface area contributed by atoms with E-state index < -0.39 is 24.0 Å². The second kappa shape index (κ2) is 6.84. The van der Waals surface area contributed by atoms with Crippen molar-refractivity contribution in [3.63, 3.8) is 0 Å². The number of carbonyl (C=O) groups is 2. The predicted molar refractivity (Wildman–Crippen MR) is 99.2 cm³/mol. The Morgan fingerprint density at radius 3 is 1.69 bits per heavy atom. The van der Waals surface area contributed by atoms with E-state index in [-0.39, 0.29) is 0 Å². The zero-order valence-electron chi connectivity index (χ0n) is 13.9. The van der Waals surface area contributed by atoms with Crippen LogP contribution in [0.25, 0.3) is 10.0 Å². The van der Waals surface area contributed by atoms with Gasteiger partial charge in [0.25, 0.3) is 0 Å². The number of anilines is 2. The molecule has 2 N–H and O–H groups in total. The van der Waals surface area contributed by atoms with E-state index in [1.165, 1.54) is 22.7 Å². The van der Waals surface area contributed by atoms with Crippen molar-refractivity contribution in [1.82, 2.24) is 9.97 Å². The van der Waals surface area contributed by atoms with Gasteiger partial charge in [0.1, 0.15) is 23.7 Å². The highest BCUT2D eigenvalue weighted by Gasteiger charge is 2.33. The number of rotatable bonds is 5. The van der Waals surface area contributed by atoms with E-state index in [1.807, 2.05) is 20.6 Å². The van der Waals surface area contributed by atoms with Crippen molar-refractivity contribution in [3.05, 3.63) is 10.8 Å². The molecule has 0 bridgehead atoms. The van der Waals surface area contributed by atoms with Gasteiger partial charge in [0.15, 0.2) is 10.0 Å². The molecule has 10 heteroatoms. The molecule has 2 aliphatic heterocycles. The molecule has 0 unspecified atom stereocenters. The third-order valence-corrected chi connectivity index (χ3v) is 6.63. The van der Waals surface area contributed by atoms with E-state index in [0.717, 1.165) is 22.9 Å². The van der Waals surface area contributed by atoms with Crippen molar-refractivity contribution in [2.45, 2.75) is 37.8 Å². The first-order valence-corrected chi connectivity index (χ1v) is 10.2. The molecular formula is C16H18N4O4S2. The lowest BCUT2D eigenvalue weighted by atomic mass is 10.2. The minimum absolute atomic E-state index is 0.516. The van der Waals surface area contributed by atoms with Gasteiger partial charge >= 0.3 is 11.9 Å². The first-order valence-electron chi connectivity index (χ1n) is 8.45. The normalized spacial score (nSPS) is 22.9. The van der Waals surface area contributed by atoms with Crippen molar-refractivity contribution in [3.8, 4) is 10.0 Å². The minimum Gasteiger partial charge on any atom is -0.480 e. The molecular weight excluding hydrogens is 376 g/mol. The molecule has 0 aromatic carbocycles. The van der Waals surface area contributed by atoms with Crippen LogP contribution in [-0.4, -0.2) is 57.3 Å². The molecule has 26 heavy (non-hydrogen) atoms. The van der Waals surface area contributed by atoms with Crippen LogP contribution in [0.1, 0.15) is 25.7 Å². The molecule has 0 radical (unpaired) electrons. The third-order valence-electron chi connectivity index (χ3n) is 4.83. The number of hydrogen-bond acceptors (Lipinski definition) is 8. The van der Waals surface area contributed by atoms with Crippen LogP contribution in [0.4, 0.5) is 11.6 Å². The molecule has 0 aliphatic carbocycles. The lowest BCUT2D eigenvalue weighted by Gasteiger charge is -2.20. The quantitative estimate of drug-likeness (QED) is 0.796. The molecule has 2 aromatic heterocycles. The summed E-state index contributed by atoms with van der Waals surface area (Å²) >= 11 is 2.87. The fourth-order valence-corrected chi connectivity index (χ4v) is 5.27. The second-order valence-electron chi connectivity index (χ2n) is 6.40. The van der Waals surface area contributed by atoms with Crippen molar-refractivity contribution >= 4 is 46.2 Å². The lowest BCUT2D eigenvalue weighted by molar-refractivity contribution is -0.139. The molecule has 8 nitrogen and oxygen atoms in total. The van der Waals surface area contributed by atoms with Crippen molar-refractivity contribution in [1.29, 1.82) is 0 Å². The number of carboxylic acids is 2. The number of carboxylic acid groups (broad SMARTS) is 2. The van der Waals surface area contributed by atoms with Gasteiger partial charge in [0, 0.05) is 23.8 Å². The summed E-state index contributed by atoms with van der Waals surface area (Å²) in [7, 11) is 0. The van der Waals surface area contributed by atoms with Crippen molar-refractivity contribution in [2.75, 3.05) is 22.9 Å². The minimum atomic E-state index is -0.817. The number of aliphatic carboxylic acids is 2. The maximum atomic E-state index is 11.4. The van der Waals surface area contributed by atoms with Crippen molar-refractivity contribution < 1.29 is 19.8 Å². The van der Waals surface area contributed by atoms with E-state index >= 15 is 0 Å². The molecule has 138 valence electrons. The Balaban J connectivity index is 1.55. The molecule has 2 aromatic rings. The summed E-state index contributed by atoms with van der Waals surface area (Å²) in [6.45, 7) is 1.38. The van der Waals surface area contributed by atoms with Crippen molar-refractivity contribution in [2.24, 2.45) is 0 Å². The van der Waals surface area contributed by atoms with Crippen LogP contribution in [-0.2, 0) is 9.59 Å². The van der Waals surface area contributed by atoms with Crippen LogP contribution in [0.5, 0.6) is 0 Å². The average Bonchev–Trinajstić information content (AvgIpc) is 3.40. The van der Waals surface area contributed by atoms with Crippen LogP contribution in [0.2, 0.25) is 0 Å².